The molecule has 0 aliphatic heterocycles. The number of nitrogens with zero attached hydrogens (tertiary/aromatic N) is 1. The van der Waals surface area contributed by atoms with Crippen molar-refractivity contribution in [1.29, 1.82) is 0 Å². The lowest BCUT2D eigenvalue weighted by atomic mass is 11.0. The third-order valence-electron chi connectivity index (χ3n) is 0. The Kier molecular flexibility index (Phi) is 11.4. The van der Waals surface area contributed by atoms with E-state index >= 15 is 0 Å². The summed E-state index contributed by atoms with van der Waals surface area (Å²) < 4.78 is 9.09. The van der Waals surface area contributed by atoms with Crippen molar-refractivity contribution in [3.63, 3.8) is 0 Å². The van der Waals surface area contributed by atoms with Crippen LogP contribution < -0.4 is 0 Å². The van der Waals surface area contributed by atoms with Crippen LogP contribution in [0.25, 0.3) is 0 Å². The number of hydrogen-bond acceptors (Lipinski definition) is 2. The molecule has 0 rings (SSSR count). The van der Waals surface area contributed by atoms with Gasteiger partial charge >= 0.3 is 0 Å². The first-order valence-corrected chi connectivity index (χ1v) is 4.62. The summed E-state index contributed by atoms with van der Waals surface area (Å²) >= 11 is 0. The van der Waals surface area contributed by atoms with Gasteiger partial charge in [0.05, 0.1) is 0 Å². The monoisotopic (exact) mass is 177 g/mol. The molecule has 0 aromatic carbocycles. The molecule has 0 atom stereocenters. The van der Waals surface area contributed by atoms with Crippen molar-refractivity contribution in [1.82, 2.24) is 4.90 Å². The summed E-state index contributed by atoms with van der Waals surface area (Å²) in [6.07, 6.45) is 0. The van der Waals surface area contributed by atoms with E-state index in [4.69, 9.17) is 4.55 Å². The average molecular weight is 178 g/mol. The predicted octanol–water partition coefficient (Wildman–Crippen LogP) is 1.22. The van der Waals surface area contributed by atoms with Gasteiger partial charge in [-0.25, -0.2) is 0 Å². The third-order valence-corrected chi connectivity index (χ3v) is 0. The summed E-state index contributed by atoms with van der Waals surface area (Å²) in [5.74, 6) is 0. The summed E-state index contributed by atoms with van der Waals surface area (Å²) in [6, 6.07) is 0. The minimum Gasteiger partial charge on any atom is -0.582 e. The van der Waals surface area contributed by atoms with Crippen LogP contribution >= 0.6 is 21.4 Å². The van der Waals surface area contributed by atoms with Crippen LogP contribution in [0, 0.1) is 0 Å². The molecule has 52 valence electrons. The van der Waals surface area contributed by atoms with Gasteiger partial charge in [-0.1, -0.05) is 0 Å². The summed E-state index contributed by atoms with van der Waals surface area (Å²) in [5, 5.41) is 0. The molecule has 0 heterocycles. The van der Waals surface area contributed by atoms with Crippen LogP contribution in [0.3, 0.4) is 0 Å². The lowest BCUT2D eigenvalue weighted by Gasteiger charge is -1.90. The van der Waals surface area contributed by atoms with Crippen LogP contribution in [0.2, 0.25) is 0 Å². The van der Waals surface area contributed by atoms with E-state index in [-0.39, 0.29) is 0 Å². The Labute approximate surface area is 61.9 Å². The Bertz CT molecular complexity index is 32.8. The van der Waals surface area contributed by atoms with Gasteiger partial charge in [0.1, 0.15) is 0 Å². The van der Waals surface area contributed by atoms with Crippen molar-refractivity contribution in [3.8, 4) is 0 Å². The fourth-order valence-corrected chi connectivity index (χ4v) is 0. The van der Waals surface area contributed by atoms with Crippen LogP contribution in [-0.2, 0) is 9.60 Å². The van der Waals surface area contributed by atoms with E-state index in [2.05, 4.69) is 21.4 Å². The molecule has 0 aliphatic rings. The molecule has 0 amide bonds. The number of hydrogen-bond donors (Lipinski definition) is 0. The van der Waals surface area contributed by atoms with Crippen LogP contribution in [0.4, 0.5) is 0 Å². The van der Waals surface area contributed by atoms with Crippen molar-refractivity contribution in [2.45, 2.75) is 0 Å². The van der Waals surface area contributed by atoms with Crippen LogP contribution in [0.1, 0.15) is 0 Å². The molecule has 0 unspecified atom stereocenters. The molecular formula is C3H9Cl2NOS. The fraction of sp³-hybridized carbons (Fsp3) is 1.00. The molecule has 8 heavy (non-hydrogen) atoms. The van der Waals surface area contributed by atoms with E-state index in [1.54, 1.807) is 0 Å². The first kappa shape index (κ1) is 11.6. The van der Waals surface area contributed by atoms with Gasteiger partial charge in [-0.15, -0.1) is 0 Å². The van der Waals surface area contributed by atoms with Crippen molar-refractivity contribution >= 4 is 31.0 Å². The molecule has 5 heteroatoms. The summed E-state index contributed by atoms with van der Waals surface area (Å²) in [4.78, 5) is 2.00. The molecule has 0 fully saturated rings. The van der Waals surface area contributed by atoms with Crippen molar-refractivity contribution < 1.29 is 4.55 Å². The Morgan fingerprint density at radius 3 is 1.25 bits per heavy atom. The smallest absolute Gasteiger partial charge is 0.198 e. The van der Waals surface area contributed by atoms with E-state index in [9.17, 15) is 0 Å². The molecule has 0 bridgehead atoms. The van der Waals surface area contributed by atoms with E-state index in [1.165, 1.54) is 0 Å². The third kappa shape index (κ3) is 324. The topological polar surface area (TPSA) is 26.3 Å². The minimum absolute atomic E-state index is 1.67. The standard InChI is InChI=1S/C3H9N.Cl2OS/c2*1-4(2)3/h1-3H3;. The van der Waals surface area contributed by atoms with Crippen LogP contribution in [-0.4, -0.2) is 30.6 Å². The summed E-state index contributed by atoms with van der Waals surface area (Å²) in [7, 11) is 13.4. The zero-order valence-corrected chi connectivity index (χ0v) is 7.35. The van der Waals surface area contributed by atoms with Crippen LogP contribution in [0.5, 0.6) is 0 Å². The van der Waals surface area contributed by atoms with E-state index in [1.807, 2.05) is 26.0 Å². The second-order valence-electron chi connectivity index (χ2n) is 1.53. The second-order valence-corrected chi connectivity index (χ2v) is 4.05. The van der Waals surface area contributed by atoms with Crippen molar-refractivity contribution in [3.05, 3.63) is 0 Å². The van der Waals surface area contributed by atoms with Gasteiger partial charge < -0.3 is 9.45 Å². The molecule has 0 N–H and O–H groups in total. The zero-order valence-electron chi connectivity index (χ0n) is 5.02. The molecular weight excluding hydrogens is 169 g/mol. The SMILES string of the molecule is CN(C)C.[O-][S+](Cl)Cl. The van der Waals surface area contributed by atoms with Gasteiger partial charge in [0.2, 0.25) is 0 Å². The number of rotatable bonds is 0. The molecule has 2 nitrogen and oxygen atoms in total. The van der Waals surface area contributed by atoms with Gasteiger partial charge in [0, 0.05) is 0 Å². The van der Waals surface area contributed by atoms with Gasteiger partial charge in [-0.2, -0.15) is 0 Å². The second kappa shape index (κ2) is 7.85. The highest BCUT2D eigenvalue weighted by Gasteiger charge is 1.83. The highest BCUT2D eigenvalue weighted by molar-refractivity contribution is 8.31. The highest BCUT2D eigenvalue weighted by Crippen LogP contribution is 1.98. The summed E-state index contributed by atoms with van der Waals surface area (Å²) in [6.45, 7) is 0. The maximum Gasteiger partial charge on any atom is 0.198 e. The fourth-order valence-electron chi connectivity index (χ4n) is 0. The van der Waals surface area contributed by atoms with Crippen molar-refractivity contribution in [2.75, 3.05) is 21.1 Å². The Hall–Kier alpha value is 0.850. The molecule has 0 saturated heterocycles. The summed E-state index contributed by atoms with van der Waals surface area (Å²) in [5.41, 5.74) is 0. The first-order chi connectivity index (χ1) is 3.46. The Morgan fingerprint density at radius 2 is 1.25 bits per heavy atom. The molecule has 0 aromatic heterocycles. The molecule has 0 aromatic rings. The Balaban J connectivity index is 0. The average Bonchev–Trinajstić information content (AvgIpc) is 1.25. The molecule has 0 spiro atoms. The lowest BCUT2D eigenvalue weighted by Crippen LogP contribution is -1.99. The van der Waals surface area contributed by atoms with Gasteiger partial charge in [0.15, 0.2) is 31.0 Å². The normalized spacial score (nSPS) is 9.00. The predicted molar refractivity (Wildman–Crippen MR) is 39.5 cm³/mol. The van der Waals surface area contributed by atoms with Gasteiger partial charge in [-0.05, 0) is 21.1 Å². The molecule has 0 aliphatic carbocycles. The zero-order chi connectivity index (χ0) is 7.15. The molecule has 0 saturated carbocycles. The van der Waals surface area contributed by atoms with Crippen LogP contribution in [0.15, 0.2) is 0 Å². The Morgan fingerprint density at radius 1 is 1.25 bits per heavy atom. The quantitative estimate of drug-likeness (QED) is 0.521. The molecule has 0 radical (unpaired) electrons. The van der Waals surface area contributed by atoms with Crippen molar-refractivity contribution in [2.24, 2.45) is 0 Å². The number of halogens is 2. The van der Waals surface area contributed by atoms with E-state index in [0.29, 0.717) is 0 Å². The van der Waals surface area contributed by atoms with E-state index in [0.717, 1.165) is 0 Å². The van der Waals surface area contributed by atoms with E-state index < -0.39 is 9.60 Å². The largest absolute Gasteiger partial charge is 0.582 e. The van der Waals surface area contributed by atoms with Gasteiger partial charge in [0.25, 0.3) is 0 Å². The lowest BCUT2D eigenvalue weighted by molar-refractivity contribution is 0.505. The maximum atomic E-state index is 9.09. The first-order valence-electron chi connectivity index (χ1n) is 1.82. The van der Waals surface area contributed by atoms with Gasteiger partial charge in [-0.3, -0.25) is 0 Å². The minimum atomic E-state index is -1.67. The highest BCUT2D eigenvalue weighted by atomic mass is 36.0. The maximum absolute atomic E-state index is 9.09.